The molecule has 2 aromatic rings. The summed E-state index contributed by atoms with van der Waals surface area (Å²) in [6.07, 6.45) is 3.97. The van der Waals surface area contributed by atoms with Gasteiger partial charge in [-0.15, -0.1) is 11.3 Å². The van der Waals surface area contributed by atoms with E-state index in [-0.39, 0.29) is 24.0 Å². The number of ether oxygens (including phenoxy) is 1. The minimum atomic E-state index is -0.473. The molecule has 2 heterocycles. The van der Waals surface area contributed by atoms with Crippen LogP contribution < -0.4 is 11.1 Å². The molecule has 7 heteroatoms. The van der Waals surface area contributed by atoms with Crippen molar-refractivity contribution in [3.63, 3.8) is 0 Å². The number of nitrogens with zero attached hydrogens (tertiary/aromatic N) is 1. The van der Waals surface area contributed by atoms with Crippen LogP contribution in [0.4, 0.5) is 0 Å². The largest absolute Gasteiger partial charge is 0.381 e. The predicted molar refractivity (Wildman–Crippen MR) is 107 cm³/mol. The first kappa shape index (κ1) is 19.9. The Balaban J connectivity index is 1.64. The van der Waals surface area contributed by atoms with Crippen molar-refractivity contribution in [2.75, 3.05) is 19.8 Å². The highest BCUT2D eigenvalue weighted by Crippen LogP contribution is 2.23. The van der Waals surface area contributed by atoms with Gasteiger partial charge in [0.05, 0.1) is 22.7 Å². The first-order valence-corrected chi connectivity index (χ1v) is 10.4. The maximum Gasteiger partial charge on any atom is 0.223 e. The molecule has 1 aromatic heterocycles. The molecule has 1 amide bonds. The van der Waals surface area contributed by atoms with Gasteiger partial charge >= 0.3 is 0 Å². The highest BCUT2D eigenvalue weighted by atomic mass is 32.1. The Morgan fingerprint density at radius 2 is 2.04 bits per heavy atom. The van der Waals surface area contributed by atoms with Crippen LogP contribution in [0.1, 0.15) is 37.1 Å². The Bertz CT molecular complexity index is 738. The van der Waals surface area contributed by atoms with Crippen LogP contribution in [0.5, 0.6) is 0 Å². The minimum absolute atomic E-state index is 0.0199. The lowest BCUT2D eigenvalue weighted by molar-refractivity contribution is -0.132. The van der Waals surface area contributed by atoms with Crippen LogP contribution in [-0.2, 0) is 20.7 Å². The average Bonchev–Trinajstić information content (AvgIpc) is 3.10. The van der Waals surface area contributed by atoms with Crippen molar-refractivity contribution in [2.24, 2.45) is 11.7 Å². The molecule has 0 spiro atoms. The van der Waals surface area contributed by atoms with Gasteiger partial charge in [0.15, 0.2) is 5.78 Å². The molecule has 0 saturated carbocycles. The molecular weight excluding hydrogens is 362 g/mol. The Hall–Kier alpha value is -1.83. The SMILES string of the molecule is NCCCC[C@H](NC(=O)C1CCOCC1)C(=O)Cc1nc2ccccc2s1. The number of amides is 1. The second-order valence-electron chi connectivity index (χ2n) is 6.95. The van der Waals surface area contributed by atoms with E-state index in [2.05, 4.69) is 10.3 Å². The van der Waals surface area contributed by atoms with E-state index in [9.17, 15) is 9.59 Å². The number of rotatable bonds is 9. The van der Waals surface area contributed by atoms with Gasteiger partial charge in [0.1, 0.15) is 5.01 Å². The smallest absolute Gasteiger partial charge is 0.223 e. The van der Waals surface area contributed by atoms with Crippen LogP contribution in [0, 0.1) is 5.92 Å². The summed E-state index contributed by atoms with van der Waals surface area (Å²) in [7, 11) is 0. The zero-order valence-corrected chi connectivity index (χ0v) is 16.3. The van der Waals surface area contributed by atoms with Crippen molar-refractivity contribution >= 4 is 33.2 Å². The summed E-state index contributed by atoms with van der Waals surface area (Å²) < 4.78 is 6.40. The molecular formula is C20H27N3O3S. The van der Waals surface area contributed by atoms with Gasteiger partial charge in [-0.3, -0.25) is 9.59 Å². The van der Waals surface area contributed by atoms with E-state index >= 15 is 0 Å². The molecule has 3 rings (SSSR count). The molecule has 27 heavy (non-hydrogen) atoms. The van der Waals surface area contributed by atoms with Gasteiger partial charge in [-0.25, -0.2) is 4.98 Å². The second kappa shape index (κ2) is 9.92. The number of carbonyl (C=O) groups excluding carboxylic acids is 2. The summed E-state index contributed by atoms with van der Waals surface area (Å²) in [6, 6.07) is 7.39. The summed E-state index contributed by atoms with van der Waals surface area (Å²) in [5.41, 5.74) is 6.49. The van der Waals surface area contributed by atoms with Crippen LogP contribution in [-0.4, -0.2) is 42.5 Å². The monoisotopic (exact) mass is 389 g/mol. The zero-order valence-electron chi connectivity index (χ0n) is 15.5. The molecule has 1 aromatic carbocycles. The van der Waals surface area contributed by atoms with E-state index in [0.29, 0.717) is 39.0 Å². The lowest BCUT2D eigenvalue weighted by atomic mass is 9.97. The Labute approximate surface area is 163 Å². The number of Topliss-reactive ketones (excluding diaryl/α,β-unsaturated/α-hetero) is 1. The number of benzene rings is 1. The van der Waals surface area contributed by atoms with Crippen LogP contribution in [0.3, 0.4) is 0 Å². The molecule has 146 valence electrons. The fourth-order valence-electron chi connectivity index (χ4n) is 3.32. The highest BCUT2D eigenvalue weighted by Gasteiger charge is 2.27. The van der Waals surface area contributed by atoms with E-state index in [1.807, 2.05) is 24.3 Å². The van der Waals surface area contributed by atoms with Crippen LogP contribution in [0.15, 0.2) is 24.3 Å². The third kappa shape index (κ3) is 5.57. The zero-order chi connectivity index (χ0) is 19.1. The Morgan fingerprint density at radius 1 is 1.26 bits per heavy atom. The van der Waals surface area contributed by atoms with Gasteiger partial charge in [0.25, 0.3) is 0 Å². The lowest BCUT2D eigenvalue weighted by Gasteiger charge is -2.24. The Kier molecular flexibility index (Phi) is 7.32. The van der Waals surface area contributed by atoms with Crippen LogP contribution in [0.2, 0.25) is 0 Å². The van der Waals surface area contributed by atoms with Gasteiger partial charge in [-0.2, -0.15) is 0 Å². The minimum Gasteiger partial charge on any atom is -0.381 e. The highest BCUT2D eigenvalue weighted by molar-refractivity contribution is 7.18. The number of thiazole rings is 1. The number of unbranched alkanes of at least 4 members (excludes halogenated alkanes) is 1. The van der Waals surface area contributed by atoms with E-state index < -0.39 is 6.04 Å². The third-order valence-electron chi connectivity index (χ3n) is 4.91. The number of para-hydroxylation sites is 1. The first-order chi connectivity index (χ1) is 13.2. The number of fused-ring (bicyclic) bond motifs is 1. The lowest BCUT2D eigenvalue weighted by Crippen LogP contribution is -2.45. The second-order valence-corrected chi connectivity index (χ2v) is 8.07. The fraction of sp³-hybridized carbons (Fsp3) is 0.550. The molecule has 0 unspecified atom stereocenters. The fourth-order valence-corrected chi connectivity index (χ4v) is 4.30. The quantitative estimate of drug-likeness (QED) is 0.643. The van der Waals surface area contributed by atoms with Gasteiger partial charge < -0.3 is 15.8 Å². The molecule has 3 N–H and O–H groups in total. The Morgan fingerprint density at radius 3 is 2.78 bits per heavy atom. The molecule has 6 nitrogen and oxygen atoms in total. The summed E-state index contributed by atoms with van der Waals surface area (Å²) in [5, 5.41) is 3.79. The summed E-state index contributed by atoms with van der Waals surface area (Å²) >= 11 is 1.54. The van der Waals surface area contributed by atoms with Gasteiger partial charge in [-0.05, 0) is 50.8 Å². The molecule has 0 aliphatic carbocycles. The van der Waals surface area contributed by atoms with Crippen molar-refractivity contribution in [1.82, 2.24) is 10.3 Å². The topological polar surface area (TPSA) is 94.3 Å². The van der Waals surface area contributed by atoms with Crippen LogP contribution >= 0.6 is 11.3 Å². The normalized spacial score (nSPS) is 16.3. The maximum atomic E-state index is 12.9. The number of hydrogen-bond donors (Lipinski definition) is 2. The standard InChI is InChI=1S/C20H27N3O3S/c21-10-4-3-5-15(23-20(25)14-8-11-26-12-9-14)17(24)13-19-22-16-6-1-2-7-18(16)27-19/h1-2,6-7,14-15H,3-5,8-13,21H2,(H,23,25)/t15-/m0/s1. The average molecular weight is 390 g/mol. The molecule has 1 aliphatic rings. The van der Waals surface area contributed by atoms with Gasteiger partial charge in [0.2, 0.25) is 5.91 Å². The summed E-state index contributed by atoms with van der Waals surface area (Å²) in [6.45, 7) is 1.80. The molecule has 1 saturated heterocycles. The number of aromatic nitrogens is 1. The van der Waals surface area contributed by atoms with Crippen molar-refractivity contribution in [2.45, 2.75) is 44.6 Å². The maximum absolute atomic E-state index is 12.9. The number of ketones is 1. The predicted octanol–water partition coefficient (Wildman–Crippen LogP) is 2.45. The van der Waals surface area contributed by atoms with Gasteiger partial charge in [0, 0.05) is 19.1 Å². The van der Waals surface area contributed by atoms with Crippen molar-refractivity contribution in [3.05, 3.63) is 29.3 Å². The number of nitrogens with two attached hydrogens (primary N) is 1. The molecule has 0 bridgehead atoms. The summed E-state index contributed by atoms with van der Waals surface area (Å²) in [5.74, 6) is -0.0776. The van der Waals surface area contributed by atoms with E-state index in [0.717, 1.165) is 28.1 Å². The molecule has 1 fully saturated rings. The van der Waals surface area contributed by atoms with Crippen molar-refractivity contribution in [1.29, 1.82) is 0 Å². The number of carbonyl (C=O) groups is 2. The van der Waals surface area contributed by atoms with E-state index in [1.54, 1.807) is 0 Å². The summed E-state index contributed by atoms with van der Waals surface area (Å²) in [4.78, 5) is 30.0. The molecule has 1 aliphatic heterocycles. The third-order valence-corrected chi connectivity index (χ3v) is 5.94. The number of hydrogen-bond acceptors (Lipinski definition) is 6. The van der Waals surface area contributed by atoms with E-state index in [1.165, 1.54) is 11.3 Å². The molecule has 0 radical (unpaired) electrons. The van der Waals surface area contributed by atoms with Crippen molar-refractivity contribution in [3.8, 4) is 0 Å². The van der Waals surface area contributed by atoms with Crippen LogP contribution in [0.25, 0.3) is 10.2 Å². The van der Waals surface area contributed by atoms with Gasteiger partial charge in [-0.1, -0.05) is 12.1 Å². The first-order valence-electron chi connectivity index (χ1n) is 9.62. The van der Waals surface area contributed by atoms with E-state index in [4.69, 9.17) is 10.5 Å². The number of nitrogens with one attached hydrogen (secondary N) is 1. The van der Waals surface area contributed by atoms with Crippen molar-refractivity contribution < 1.29 is 14.3 Å². The molecule has 1 atom stereocenters.